The van der Waals surface area contributed by atoms with Gasteiger partial charge in [0, 0.05) is 26.7 Å². The van der Waals surface area contributed by atoms with Gasteiger partial charge in [-0.25, -0.2) is 0 Å². The van der Waals surface area contributed by atoms with Crippen LogP contribution in [0.2, 0.25) is 5.02 Å². The molecule has 0 saturated heterocycles. The molecular weight excluding hydrogens is 354 g/mol. The van der Waals surface area contributed by atoms with Gasteiger partial charge >= 0.3 is 0 Å². The monoisotopic (exact) mass is 369 g/mol. The third-order valence-corrected chi connectivity index (χ3v) is 4.96. The summed E-state index contributed by atoms with van der Waals surface area (Å²) in [6.45, 7) is 4.00. The maximum absolute atomic E-state index is 5.89. The van der Waals surface area contributed by atoms with Crippen LogP contribution in [0.5, 0.6) is 0 Å². The predicted octanol–water partition coefficient (Wildman–Crippen LogP) is 5.50. The summed E-state index contributed by atoms with van der Waals surface area (Å²) in [7, 11) is 0. The van der Waals surface area contributed by atoms with Gasteiger partial charge in [0.1, 0.15) is 0 Å². The van der Waals surface area contributed by atoms with Crippen molar-refractivity contribution in [3.05, 3.63) is 63.1 Å². The van der Waals surface area contributed by atoms with E-state index in [9.17, 15) is 0 Å². The van der Waals surface area contributed by atoms with Crippen molar-refractivity contribution in [3.63, 3.8) is 0 Å². The first-order valence-electron chi connectivity index (χ1n) is 6.55. The van der Waals surface area contributed by atoms with Crippen molar-refractivity contribution in [2.75, 3.05) is 6.54 Å². The van der Waals surface area contributed by atoms with Gasteiger partial charge in [-0.3, -0.25) is 0 Å². The zero-order chi connectivity index (χ0) is 14.4. The van der Waals surface area contributed by atoms with E-state index in [0.29, 0.717) is 0 Å². The average Bonchev–Trinajstić information content (AvgIpc) is 2.46. The fourth-order valence-electron chi connectivity index (χ4n) is 1.77. The minimum Gasteiger partial charge on any atom is -0.313 e. The first-order chi connectivity index (χ1) is 9.69. The van der Waals surface area contributed by atoms with Crippen LogP contribution in [0.3, 0.4) is 0 Å². The van der Waals surface area contributed by atoms with Crippen molar-refractivity contribution in [2.24, 2.45) is 0 Å². The molecule has 20 heavy (non-hydrogen) atoms. The van der Waals surface area contributed by atoms with Gasteiger partial charge < -0.3 is 5.32 Å². The molecule has 2 aromatic carbocycles. The summed E-state index contributed by atoms with van der Waals surface area (Å²) >= 11 is 11.4. The molecule has 0 aliphatic rings. The maximum Gasteiger partial charge on any atom is 0.0406 e. The Hall–Kier alpha value is -0.480. The van der Waals surface area contributed by atoms with E-state index in [1.54, 1.807) is 0 Å². The number of benzene rings is 2. The SMILES string of the molecule is CCNCc1ccc(SCc2ccc(Cl)cc2)cc1Br. The third kappa shape index (κ3) is 4.81. The lowest BCUT2D eigenvalue weighted by Crippen LogP contribution is -2.11. The first-order valence-corrected chi connectivity index (χ1v) is 8.71. The third-order valence-electron chi connectivity index (χ3n) is 2.91. The van der Waals surface area contributed by atoms with Crippen LogP contribution < -0.4 is 5.32 Å². The molecule has 2 aromatic rings. The van der Waals surface area contributed by atoms with E-state index in [4.69, 9.17) is 11.6 Å². The Bertz CT molecular complexity index is 557. The number of thioether (sulfide) groups is 1. The number of nitrogens with one attached hydrogen (secondary N) is 1. The summed E-state index contributed by atoms with van der Waals surface area (Å²) in [5, 5.41) is 4.13. The van der Waals surface area contributed by atoms with E-state index in [-0.39, 0.29) is 0 Å². The molecule has 0 bridgehead atoms. The van der Waals surface area contributed by atoms with E-state index >= 15 is 0 Å². The summed E-state index contributed by atoms with van der Waals surface area (Å²) < 4.78 is 1.17. The van der Waals surface area contributed by atoms with Gasteiger partial charge in [0.05, 0.1) is 0 Å². The molecule has 0 atom stereocenters. The van der Waals surface area contributed by atoms with Gasteiger partial charge in [-0.15, -0.1) is 11.8 Å². The first kappa shape index (κ1) is 15.9. The van der Waals surface area contributed by atoms with Crippen LogP contribution in [0.25, 0.3) is 0 Å². The molecule has 0 saturated carbocycles. The molecule has 0 aromatic heterocycles. The minimum atomic E-state index is 0.786. The van der Waals surface area contributed by atoms with Crippen molar-refractivity contribution in [1.82, 2.24) is 5.32 Å². The van der Waals surface area contributed by atoms with Crippen molar-refractivity contribution >= 4 is 39.3 Å². The van der Waals surface area contributed by atoms with E-state index in [0.717, 1.165) is 23.9 Å². The van der Waals surface area contributed by atoms with E-state index in [1.807, 2.05) is 23.9 Å². The van der Waals surface area contributed by atoms with Crippen LogP contribution in [-0.4, -0.2) is 6.54 Å². The van der Waals surface area contributed by atoms with Crippen LogP contribution in [0.4, 0.5) is 0 Å². The molecule has 0 radical (unpaired) electrons. The Morgan fingerprint density at radius 1 is 1.15 bits per heavy atom. The number of halogens is 2. The van der Waals surface area contributed by atoms with E-state index in [2.05, 4.69) is 58.5 Å². The van der Waals surface area contributed by atoms with Gasteiger partial charge in [-0.2, -0.15) is 0 Å². The number of hydrogen-bond acceptors (Lipinski definition) is 2. The summed E-state index contributed by atoms with van der Waals surface area (Å²) in [6.07, 6.45) is 0. The zero-order valence-electron chi connectivity index (χ0n) is 11.3. The van der Waals surface area contributed by atoms with Crippen molar-refractivity contribution < 1.29 is 0 Å². The summed E-state index contributed by atoms with van der Waals surface area (Å²) in [4.78, 5) is 1.27. The highest BCUT2D eigenvalue weighted by Gasteiger charge is 2.02. The Labute approximate surface area is 138 Å². The van der Waals surface area contributed by atoms with Gasteiger partial charge in [-0.05, 0) is 41.9 Å². The second-order valence-corrected chi connectivity index (χ2v) is 6.79. The van der Waals surface area contributed by atoms with Gasteiger partial charge in [-0.1, -0.05) is 52.7 Å². The lowest BCUT2D eigenvalue weighted by atomic mass is 10.2. The highest BCUT2D eigenvalue weighted by Crippen LogP contribution is 2.28. The Morgan fingerprint density at radius 2 is 1.90 bits per heavy atom. The normalized spacial score (nSPS) is 10.8. The van der Waals surface area contributed by atoms with Crippen LogP contribution in [-0.2, 0) is 12.3 Å². The fraction of sp³-hybridized carbons (Fsp3) is 0.250. The molecule has 1 N–H and O–H groups in total. The summed E-state index contributed by atoms with van der Waals surface area (Å²) in [5.74, 6) is 0.955. The molecule has 106 valence electrons. The van der Waals surface area contributed by atoms with Gasteiger partial charge in [0.25, 0.3) is 0 Å². The maximum atomic E-state index is 5.89. The molecule has 0 spiro atoms. The average molecular weight is 371 g/mol. The molecule has 0 unspecified atom stereocenters. The van der Waals surface area contributed by atoms with Crippen molar-refractivity contribution in [2.45, 2.75) is 24.1 Å². The molecule has 0 heterocycles. The molecule has 4 heteroatoms. The Kier molecular flexibility index (Phi) is 6.43. The number of hydrogen-bond donors (Lipinski definition) is 1. The molecule has 0 amide bonds. The minimum absolute atomic E-state index is 0.786. The lowest BCUT2D eigenvalue weighted by molar-refractivity contribution is 0.724. The van der Waals surface area contributed by atoms with Crippen molar-refractivity contribution in [1.29, 1.82) is 0 Å². The molecular formula is C16H17BrClNS. The summed E-state index contributed by atoms with van der Waals surface area (Å²) in [5.41, 5.74) is 2.58. The Morgan fingerprint density at radius 3 is 2.55 bits per heavy atom. The van der Waals surface area contributed by atoms with Crippen LogP contribution in [0.1, 0.15) is 18.1 Å². The van der Waals surface area contributed by atoms with Gasteiger partial charge in [0.15, 0.2) is 0 Å². The molecule has 0 aliphatic carbocycles. The molecule has 0 aliphatic heterocycles. The zero-order valence-corrected chi connectivity index (χ0v) is 14.5. The lowest BCUT2D eigenvalue weighted by Gasteiger charge is -2.08. The quantitative estimate of drug-likeness (QED) is 0.673. The van der Waals surface area contributed by atoms with Crippen molar-refractivity contribution in [3.8, 4) is 0 Å². The fourth-order valence-corrected chi connectivity index (χ4v) is 3.46. The second-order valence-electron chi connectivity index (χ2n) is 4.45. The summed E-state index contributed by atoms with van der Waals surface area (Å²) in [6, 6.07) is 14.6. The second kappa shape index (κ2) is 8.08. The van der Waals surface area contributed by atoms with Crippen LogP contribution in [0.15, 0.2) is 51.8 Å². The van der Waals surface area contributed by atoms with E-state index in [1.165, 1.54) is 20.5 Å². The van der Waals surface area contributed by atoms with E-state index < -0.39 is 0 Å². The largest absolute Gasteiger partial charge is 0.313 e. The van der Waals surface area contributed by atoms with Crippen LogP contribution in [0, 0.1) is 0 Å². The smallest absolute Gasteiger partial charge is 0.0406 e. The number of rotatable bonds is 6. The molecule has 2 rings (SSSR count). The topological polar surface area (TPSA) is 12.0 Å². The molecule has 0 fully saturated rings. The standard InChI is InChI=1S/C16H17BrClNS/c1-2-19-10-13-5-8-15(9-16(13)17)20-11-12-3-6-14(18)7-4-12/h3-9,19H,2,10-11H2,1H3. The van der Waals surface area contributed by atoms with Gasteiger partial charge in [0.2, 0.25) is 0 Å². The highest BCUT2D eigenvalue weighted by atomic mass is 79.9. The predicted molar refractivity (Wildman–Crippen MR) is 92.5 cm³/mol. The highest BCUT2D eigenvalue weighted by molar-refractivity contribution is 9.10. The van der Waals surface area contributed by atoms with Crippen LogP contribution >= 0.6 is 39.3 Å². The molecule has 1 nitrogen and oxygen atoms in total. The Balaban J connectivity index is 1.96.